The molecule has 2 aromatic rings. The van der Waals surface area contributed by atoms with Crippen LogP contribution in [0.15, 0.2) is 36.4 Å². The van der Waals surface area contributed by atoms with Gasteiger partial charge in [-0.2, -0.15) is 0 Å². The van der Waals surface area contributed by atoms with Gasteiger partial charge < -0.3 is 10.0 Å². The topological polar surface area (TPSA) is 66.3 Å². The number of hydrogen-bond acceptors (Lipinski definition) is 4. The molecule has 5 heteroatoms. The molecule has 2 rings (SSSR count). The molecule has 0 radical (unpaired) electrons. The predicted molar refractivity (Wildman–Crippen MR) is 77.2 cm³/mol. The third kappa shape index (κ3) is 3.54. The highest BCUT2D eigenvalue weighted by molar-refractivity contribution is 5.68. The van der Waals surface area contributed by atoms with E-state index in [0.717, 1.165) is 11.4 Å². The molecule has 0 aliphatic carbocycles. The molecule has 2 aromatic heterocycles. The van der Waals surface area contributed by atoms with Crippen LogP contribution >= 0.6 is 0 Å². The van der Waals surface area contributed by atoms with Crippen LogP contribution in [0.1, 0.15) is 17.8 Å². The van der Waals surface area contributed by atoms with Gasteiger partial charge in [0.2, 0.25) is 0 Å². The molecular formula is C15H17N3O2. The SMILES string of the molecule is Cc1cccc(N(CCC(=O)O)c2cccc(C)n2)n1. The zero-order chi connectivity index (χ0) is 14.5. The maximum absolute atomic E-state index is 10.8. The largest absolute Gasteiger partial charge is 0.481 e. The molecule has 104 valence electrons. The minimum absolute atomic E-state index is 0.0330. The average Bonchev–Trinajstić information content (AvgIpc) is 2.39. The van der Waals surface area contributed by atoms with Crippen LogP contribution in [0.2, 0.25) is 0 Å². The van der Waals surface area contributed by atoms with Crippen LogP contribution in [-0.4, -0.2) is 27.6 Å². The van der Waals surface area contributed by atoms with E-state index in [0.29, 0.717) is 18.2 Å². The Bertz CT molecular complexity index is 568. The molecule has 0 aliphatic heterocycles. The van der Waals surface area contributed by atoms with Gasteiger partial charge in [0.25, 0.3) is 0 Å². The Labute approximate surface area is 117 Å². The summed E-state index contributed by atoms with van der Waals surface area (Å²) in [6, 6.07) is 11.3. The second kappa shape index (κ2) is 6.14. The molecule has 2 heterocycles. The second-order valence-corrected chi connectivity index (χ2v) is 4.57. The highest BCUT2D eigenvalue weighted by Crippen LogP contribution is 2.22. The van der Waals surface area contributed by atoms with Crippen LogP contribution in [-0.2, 0) is 4.79 Å². The highest BCUT2D eigenvalue weighted by atomic mass is 16.4. The van der Waals surface area contributed by atoms with Crippen molar-refractivity contribution < 1.29 is 9.90 Å². The van der Waals surface area contributed by atoms with Crippen molar-refractivity contribution in [2.24, 2.45) is 0 Å². The standard InChI is InChI=1S/C15H17N3O2/c1-11-5-3-7-13(16-11)18(10-9-15(19)20)14-8-4-6-12(2)17-14/h3-8H,9-10H2,1-2H3,(H,19,20). The smallest absolute Gasteiger partial charge is 0.305 e. The Morgan fingerprint density at radius 1 is 1.05 bits per heavy atom. The van der Waals surface area contributed by atoms with Crippen LogP contribution in [0.5, 0.6) is 0 Å². The molecule has 0 saturated heterocycles. The van der Waals surface area contributed by atoms with Gasteiger partial charge in [0.1, 0.15) is 11.6 Å². The molecule has 0 aliphatic rings. The predicted octanol–water partition coefficient (Wildman–Crippen LogP) is 2.71. The second-order valence-electron chi connectivity index (χ2n) is 4.57. The van der Waals surface area contributed by atoms with Gasteiger partial charge in [-0.1, -0.05) is 12.1 Å². The molecule has 0 unspecified atom stereocenters. The van der Waals surface area contributed by atoms with E-state index in [2.05, 4.69) is 9.97 Å². The van der Waals surface area contributed by atoms with Gasteiger partial charge >= 0.3 is 5.97 Å². The number of pyridine rings is 2. The first kappa shape index (κ1) is 14.0. The van der Waals surface area contributed by atoms with Gasteiger partial charge in [-0.25, -0.2) is 9.97 Å². The van der Waals surface area contributed by atoms with Crippen molar-refractivity contribution >= 4 is 17.6 Å². The Morgan fingerprint density at radius 3 is 1.95 bits per heavy atom. The number of aromatic nitrogens is 2. The van der Waals surface area contributed by atoms with Crippen LogP contribution < -0.4 is 4.90 Å². The number of carbonyl (C=O) groups is 1. The summed E-state index contributed by atoms with van der Waals surface area (Å²) < 4.78 is 0. The third-order valence-corrected chi connectivity index (χ3v) is 2.85. The van der Waals surface area contributed by atoms with Gasteiger partial charge in [0.15, 0.2) is 0 Å². The average molecular weight is 271 g/mol. The number of aliphatic carboxylic acids is 1. The van der Waals surface area contributed by atoms with E-state index in [1.807, 2.05) is 55.1 Å². The summed E-state index contributed by atoms with van der Waals surface area (Å²) in [6.45, 7) is 4.15. The van der Waals surface area contributed by atoms with Crippen LogP contribution in [0.25, 0.3) is 0 Å². The van der Waals surface area contributed by atoms with Crippen molar-refractivity contribution in [3.8, 4) is 0 Å². The van der Waals surface area contributed by atoms with E-state index in [9.17, 15) is 4.79 Å². The minimum Gasteiger partial charge on any atom is -0.481 e. The number of anilines is 2. The van der Waals surface area contributed by atoms with Gasteiger partial charge in [-0.05, 0) is 38.1 Å². The summed E-state index contributed by atoms with van der Waals surface area (Å²) in [5.41, 5.74) is 1.77. The zero-order valence-corrected chi connectivity index (χ0v) is 11.6. The summed E-state index contributed by atoms with van der Waals surface area (Å²) >= 11 is 0. The van der Waals surface area contributed by atoms with Gasteiger partial charge in [0, 0.05) is 17.9 Å². The fourth-order valence-electron chi connectivity index (χ4n) is 1.91. The molecule has 5 nitrogen and oxygen atoms in total. The molecule has 0 bridgehead atoms. The van der Waals surface area contributed by atoms with Crippen LogP contribution in [0.3, 0.4) is 0 Å². The van der Waals surface area contributed by atoms with Gasteiger partial charge in [0.05, 0.1) is 6.42 Å². The van der Waals surface area contributed by atoms with Crippen molar-refractivity contribution in [1.29, 1.82) is 0 Å². The molecule has 0 fully saturated rings. The molecule has 20 heavy (non-hydrogen) atoms. The van der Waals surface area contributed by atoms with E-state index < -0.39 is 5.97 Å². The Balaban J connectivity index is 2.36. The number of nitrogens with zero attached hydrogens (tertiary/aromatic N) is 3. The fourth-order valence-corrected chi connectivity index (χ4v) is 1.91. The normalized spacial score (nSPS) is 10.3. The van der Waals surface area contributed by atoms with E-state index >= 15 is 0 Å². The molecule has 1 N–H and O–H groups in total. The van der Waals surface area contributed by atoms with Crippen molar-refractivity contribution in [2.75, 3.05) is 11.4 Å². The van der Waals surface area contributed by atoms with Crippen LogP contribution in [0, 0.1) is 13.8 Å². The Morgan fingerprint density at radius 2 is 1.55 bits per heavy atom. The lowest BCUT2D eigenvalue weighted by atomic mass is 10.3. The van der Waals surface area contributed by atoms with Gasteiger partial charge in [-0.3, -0.25) is 4.79 Å². The van der Waals surface area contributed by atoms with Crippen molar-refractivity contribution in [1.82, 2.24) is 9.97 Å². The number of aryl methyl sites for hydroxylation is 2. The Hall–Kier alpha value is -2.43. The lowest BCUT2D eigenvalue weighted by molar-refractivity contribution is -0.136. The molecule has 0 aromatic carbocycles. The molecule has 0 spiro atoms. The van der Waals surface area contributed by atoms with Gasteiger partial charge in [-0.15, -0.1) is 0 Å². The number of hydrogen-bond donors (Lipinski definition) is 1. The summed E-state index contributed by atoms with van der Waals surface area (Å²) in [5, 5.41) is 8.90. The molecule has 0 atom stereocenters. The summed E-state index contributed by atoms with van der Waals surface area (Å²) in [5.74, 6) is 0.587. The maximum atomic E-state index is 10.8. The summed E-state index contributed by atoms with van der Waals surface area (Å²) in [6.07, 6.45) is 0.0330. The summed E-state index contributed by atoms with van der Waals surface area (Å²) in [4.78, 5) is 21.6. The van der Waals surface area contributed by atoms with Crippen molar-refractivity contribution in [3.63, 3.8) is 0 Å². The third-order valence-electron chi connectivity index (χ3n) is 2.85. The monoisotopic (exact) mass is 271 g/mol. The lowest BCUT2D eigenvalue weighted by Gasteiger charge is -2.22. The first-order valence-corrected chi connectivity index (χ1v) is 6.43. The van der Waals surface area contributed by atoms with Crippen molar-refractivity contribution in [3.05, 3.63) is 47.8 Å². The lowest BCUT2D eigenvalue weighted by Crippen LogP contribution is -2.23. The fraction of sp³-hybridized carbons (Fsp3) is 0.267. The first-order chi connectivity index (χ1) is 9.56. The van der Waals surface area contributed by atoms with E-state index in [1.165, 1.54) is 0 Å². The van der Waals surface area contributed by atoms with Crippen LogP contribution in [0.4, 0.5) is 11.6 Å². The molecule has 0 saturated carbocycles. The minimum atomic E-state index is -0.838. The molecule has 0 amide bonds. The van der Waals surface area contributed by atoms with Crippen molar-refractivity contribution in [2.45, 2.75) is 20.3 Å². The Kier molecular flexibility index (Phi) is 4.30. The van der Waals surface area contributed by atoms with E-state index in [4.69, 9.17) is 5.11 Å². The quantitative estimate of drug-likeness (QED) is 0.905. The maximum Gasteiger partial charge on any atom is 0.305 e. The number of carboxylic acids is 1. The number of carboxylic acid groups (broad SMARTS) is 1. The number of rotatable bonds is 5. The van der Waals surface area contributed by atoms with E-state index in [1.54, 1.807) is 0 Å². The van der Waals surface area contributed by atoms with E-state index in [-0.39, 0.29) is 6.42 Å². The molecular weight excluding hydrogens is 254 g/mol. The zero-order valence-electron chi connectivity index (χ0n) is 11.6. The first-order valence-electron chi connectivity index (χ1n) is 6.43. The summed E-state index contributed by atoms with van der Waals surface area (Å²) in [7, 11) is 0. The highest BCUT2D eigenvalue weighted by Gasteiger charge is 2.13.